The first-order valence-electron chi connectivity index (χ1n) is 13.0. The van der Waals surface area contributed by atoms with Crippen LogP contribution in [-0.2, 0) is 0 Å². The smallest absolute Gasteiger partial charge is 0.197 e. The van der Waals surface area contributed by atoms with Gasteiger partial charge in [0.15, 0.2) is 5.70 Å². The maximum Gasteiger partial charge on any atom is 0.197 e. The Morgan fingerprint density at radius 2 is 1.30 bits per heavy atom. The van der Waals surface area contributed by atoms with Gasteiger partial charge in [-0.25, -0.2) is 4.85 Å². The Bertz CT molecular complexity index is 2150. The average molecular weight is 647 g/mol. The summed E-state index contributed by atoms with van der Waals surface area (Å²) in [6, 6.07) is 22.5. The van der Waals surface area contributed by atoms with Crippen LogP contribution in [0.25, 0.3) is 69.8 Å². The van der Waals surface area contributed by atoms with E-state index in [1.165, 1.54) is 30.6 Å². The fourth-order valence-electron chi connectivity index (χ4n) is 4.88. The monoisotopic (exact) mass is 646 g/mol. The minimum Gasteiger partial charge on any atom is -0.237 e. The lowest BCUT2D eigenvalue weighted by atomic mass is 10.0. The number of hydrogen-bond donors (Lipinski definition) is 0. The quantitative estimate of drug-likeness (QED) is 0.133. The van der Waals surface area contributed by atoms with Gasteiger partial charge in [-0.15, -0.1) is 34.0 Å². The molecule has 0 spiro atoms. The second-order valence-electron chi connectivity index (χ2n) is 9.67. The van der Waals surface area contributed by atoms with Crippen LogP contribution in [0.15, 0.2) is 60.7 Å². The Kier molecular flexibility index (Phi) is 7.27. The molecule has 43 heavy (non-hydrogen) atoms. The molecule has 206 valence electrons. The standard InChI is InChI=1S/C32H18N6S5/c1-17-12-20(14-19(16-33)22-6-4-8-24-29(22)37-42-35-24)39-31(17)27-10-11-28(41-27)32-18(2)13-21(40-32)15-26(34-3)23-7-5-9-25-30(23)38-43-36-25/h4-15H,1-2H3/b19-14+,26-15-. The van der Waals surface area contributed by atoms with Crippen LogP contribution >= 0.6 is 57.5 Å². The highest BCUT2D eigenvalue weighted by molar-refractivity contribution is 7.27. The minimum atomic E-state index is 0.562. The Morgan fingerprint density at radius 1 is 0.744 bits per heavy atom. The fourth-order valence-corrected chi connectivity index (χ4v) is 9.56. The van der Waals surface area contributed by atoms with E-state index in [4.69, 9.17) is 6.57 Å². The maximum absolute atomic E-state index is 9.98. The average Bonchev–Trinajstić information content (AvgIpc) is 3.84. The van der Waals surface area contributed by atoms with E-state index >= 15 is 0 Å². The molecule has 0 amide bonds. The van der Waals surface area contributed by atoms with Crippen molar-refractivity contribution in [2.24, 2.45) is 0 Å². The number of aryl methyl sites for hydroxylation is 2. The first kappa shape index (κ1) is 27.5. The first-order valence-corrected chi connectivity index (χ1v) is 16.9. The lowest BCUT2D eigenvalue weighted by molar-refractivity contribution is 1.52. The molecule has 5 heterocycles. The largest absolute Gasteiger partial charge is 0.237 e. The second-order valence-corrected chi connectivity index (χ2v) is 14.0. The van der Waals surface area contributed by atoms with Crippen molar-refractivity contribution in [2.75, 3.05) is 0 Å². The van der Waals surface area contributed by atoms with Crippen LogP contribution in [0.1, 0.15) is 32.0 Å². The van der Waals surface area contributed by atoms with Crippen molar-refractivity contribution in [1.29, 1.82) is 5.26 Å². The van der Waals surface area contributed by atoms with Gasteiger partial charge in [0.1, 0.15) is 22.1 Å². The van der Waals surface area contributed by atoms with Gasteiger partial charge in [0.2, 0.25) is 0 Å². The summed E-state index contributed by atoms with van der Waals surface area (Å²) in [6.45, 7) is 12.1. The van der Waals surface area contributed by atoms with Crippen LogP contribution in [0.2, 0.25) is 0 Å². The van der Waals surface area contributed by atoms with Gasteiger partial charge in [0.05, 0.1) is 41.7 Å². The Labute approximate surface area is 267 Å². The Morgan fingerprint density at radius 3 is 1.88 bits per heavy atom. The van der Waals surface area contributed by atoms with Gasteiger partial charge in [-0.2, -0.15) is 22.8 Å². The van der Waals surface area contributed by atoms with Gasteiger partial charge < -0.3 is 0 Å². The molecule has 0 aliphatic heterocycles. The topological polar surface area (TPSA) is 79.7 Å². The summed E-state index contributed by atoms with van der Waals surface area (Å²) in [5.74, 6) is 0. The molecule has 0 fully saturated rings. The molecular formula is C32H18N6S5. The lowest BCUT2D eigenvalue weighted by Crippen LogP contribution is -1.84. The van der Waals surface area contributed by atoms with E-state index in [9.17, 15) is 5.26 Å². The molecule has 5 aromatic heterocycles. The van der Waals surface area contributed by atoms with Crippen LogP contribution in [0.4, 0.5) is 0 Å². The summed E-state index contributed by atoms with van der Waals surface area (Å²) < 4.78 is 17.5. The summed E-state index contributed by atoms with van der Waals surface area (Å²) in [7, 11) is 0. The van der Waals surface area contributed by atoms with E-state index in [0.29, 0.717) is 11.3 Å². The van der Waals surface area contributed by atoms with Gasteiger partial charge in [-0.05, 0) is 73.5 Å². The van der Waals surface area contributed by atoms with Gasteiger partial charge in [-0.1, -0.05) is 24.3 Å². The van der Waals surface area contributed by atoms with E-state index in [1.54, 1.807) is 34.0 Å². The maximum atomic E-state index is 9.98. The zero-order valence-corrected chi connectivity index (χ0v) is 26.7. The van der Waals surface area contributed by atoms with Crippen molar-refractivity contribution in [3.05, 3.63) is 104 Å². The molecule has 6 nitrogen and oxygen atoms in total. The molecule has 0 aliphatic carbocycles. The number of thiophene rings is 3. The highest BCUT2D eigenvalue weighted by atomic mass is 32.1. The molecule has 7 rings (SSSR count). The predicted octanol–water partition coefficient (Wildman–Crippen LogP) is 10.3. The second kappa shape index (κ2) is 11.4. The Hall–Kier alpha value is -4.36. The van der Waals surface area contributed by atoms with Crippen molar-refractivity contribution in [2.45, 2.75) is 13.8 Å². The van der Waals surface area contributed by atoms with Crippen molar-refractivity contribution in [3.63, 3.8) is 0 Å². The summed E-state index contributed by atoms with van der Waals surface area (Å²) in [5, 5.41) is 9.98. The van der Waals surface area contributed by atoms with E-state index in [0.717, 1.165) is 66.4 Å². The summed E-state index contributed by atoms with van der Waals surface area (Å²) >= 11 is 7.46. The zero-order chi connectivity index (χ0) is 29.5. The number of fused-ring (bicyclic) bond motifs is 2. The first-order chi connectivity index (χ1) is 21.0. The third-order valence-electron chi connectivity index (χ3n) is 6.87. The van der Waals surface area contributed by atoms with Crippen LogP contribution in [-0.4, -0.2) is 17.5 Å². The van der Waals surface area contributed by atoms with Gasteiger partial charge in [0, 0.05) is 40.4 Å². The molecule has 0 bridgehead atoms. The minimum absolute atomic E-state index is 0.562. The molecular weight excluding hydrogens is 629 g/mol. The number of benzene rings is 2. The molecule has 11 heteroatoms. The van der Waals surface area contributed by atoms with Gasteiger partial charge in [-0.3, -0.25) is 0 Å². The number of nitrogens with zero attached hydrogens (tertiary/aromatic N) is 6. The van der Waals surface area contributed by atoms with Gasteiger partial charge in [0.25, 0.3) is 0 Å². The van der Waals surface area contributed by atoms with Crippen LogP contribution < -0.4 is 0 Å². The predicted molar refractivity (Wildman–Crippen MR) is 183 cm³/mol. The summed E-state index contributed by atoms with van der Waals surface area (Å²) in [5.41, 5.74) is 8.26. The molecule has 0 saturated heterocycles. The van der Waals surface area contributed by atoms with Crippen molar-refractivity contribution < 1.29 is 0 Å². The van der Waals surface area contributed by atoms with E-state index in [2.05, 4.69) is 66.5 Å². The molecule has 0 aliphatic rings. The number of nitriles is 1. The molecule has 0 N–H and O–H groups in total. The normalized spacial score (nSPS) is 12.2. The molecule has 0 unspecified atom stereocenters. The third-order valence-corrected chi connectivity index (χ3v) is 11.8. The highest BCUT2D eigenvalue weighted by Gasteiger charge is 2.16. The van der Waals surface area contributed by atoms with E-state index < -0.39 is 0 Å². The van der Waals surface area contributed by atoms with Crippen molar-refractivity contribution in [3.8, 4) is 25.6 Å². The molecule has 2 aromatic carbocycles. The Balaban J connectivity index is 1.19. The van der Waals surface area contributed by atoms with Crippen molar-refractivity contribution in [1.82, 2.24) is 17.5 Å². The molecule has 0 saturated carbocycles. The number of rotatable bonds is 6. The molecule has 7 aromatic rings. The zero-order valence-electron chi connectivity index (χ0n) is 22.7. The highest BCUT2D eigenvalue weighted by Crippen LogP contribution is 2.44. The van der Waals surface area contributed by atoms with Crippen molar-refractivity contribution >= 4 is 103 Å². The summed E-state index contributed by atoms with van der Waals surface area (Å²) in [4.78, 5) is 10.7. The number of hydrogen-bond acceptors (Lipinski definition) is 10. The lowest BCUT2D eigenvalue weighted by Gasteiger charge is -1.99. The summed E-state index contributed by atoms with van der Waals surface area (Å²) in [6.07, 6.45) is 3.90. The van der Waals surface area contributed by atoms with E-state index in [1.807, 2.05) is 48.6 Å². The number of aromatic nitrogens is 4. The third kappa shape index (κ3) is 5.12. The van der Waals surface area contributed by atoms with E-state index in [-0.39, 0.29) is 0 Å². The fraction of sp³-hybridized carbons (Fsp3) is 0.0625. The molecule has 0 radical (unpaired) electrons. The van der Waals surface area contributed by atoms with Gasteiger partial charge >= 0.3 is 0 Å². The number of allylic oxidation sites excluding steroid dienone is 1. The van der Waals surface area contributed by atoms with Crippen LogP contribution in [0, 0.1) is 31.8 Å². The van der Waals surface area contributed by atoms with Crippen LogP contribution in [0.5, 0.6) is 0 Å². The SMILES string of the molecule is [C-]#[N+]/C(=C\c1cc(C)c(-c2ccc(-c3sc(/C=C(\C#N)c4cccc5nsnc45)cc3C)s2)s1)c1cccc2nsnc12. The molecule has 0 atom stereocenters. The van der Waals surface area contributed by atoms with Crippen LogP contribution in [0.3, 0.4) is 0 Å².